The Bertz CT molecular complexity index is 1820. The Morgan fingerprint density at radius 2 is 1.88 bits per heavy atom. The molecule has 8 rings (SSSR count). The van der Waals surface area contributed by atoms with Gasteiger partial charge in [-0.25, -0.2) is 8.78 Å². The van der Waals surface area contributed by atoms with Crippen LogP contribution < -0.4 is 15.0 Å². The monoisotopic (exact) mass is 588 g/mol. The first kappa shape index (κ1) is 24.8. The lowest BCUT2D eigenvalue weighted by Gasteiger charge is -2.34. The van der Waals surface area contributed by atoms with Crippen LogP contribution in [0.2, 0.25) is 0 Å². The van der Waals surface area contributed by atoms with Gasteiger partial charge in [-0.3, -0.25) is 9.88 Å². The first-order chi connectivity index (χ1) is 21.7. The molecule has 4 aromatic rings. The Labute approximate surface area is 251 Å². The number of pyridine rings is 1. The molecule has 4 aliphatic heterocycles. The van der Waals surface area contributed by atoms with E-state index in [1.807, 2.05) is 6.92 Å². The zero-order chi connectivity index (χ0) is 31.1. The van der Waals surface area contributed by atoms with E-state index in [1.165, 1.54) is 24.4 Å². The van der Waals surface area contributed by atoms with Crippen molar-refractivity contribution in [2.75, 3.05) is 37.6 Å². The summed E-state index contributed by atoms with van der Waals surface area (Å²) in [5.41, 5.74) is -0.259. The van der Waals surface area contributed by atoms with Crippen LogP contribution in [0.3, 0.4) is 0 Å². The molecule has 4 saturated heterocycles. The smallest absolute Gasteiger partial charge is 0.319 e. The molecule has 2 N–H and O–H groups in total. The van der Waals surface area contributed by atoms with Crippen molar-refractivity contribution in [2.24, 2.45) is 0 Å². The lowest BCUT2D eigenvalue weighted by molar-refractivity contribution is 0.108. The summed E-state index contributed by atoms with van der Waals surface area (Å²) in [5, 5.41) is 15.6. The van der Waals surface area contributed by atoms with Gasteiger partial charge in [0, 0.05) is 36.9 Å². The van der Waals surface area contributed by atoms with Crippen LogP contribution in [0.25, 0.3) is 32.9 Å². The molecule has 224 valence electrons. The molecule has 0 aliphatic carbocycles. The van der Waals surface area contributed by atoms with Gasteiger partial charge in [-0.1, -0.05) is 13.0 Å². The number of rotatable bonds is 6. The van der Waals surface area contributed by atoms with E-state index < -0.39 is 23.7 Å². The van der Waals surface area contributed by atoms with Crippen LogP contribution in [0, 0.1) is 11.6 Å². The van der Waals surface area contributed by atoms with Crippen molar-refractivity contribution in [1.82, 2.24) is 25.2 Å². The summed E-state index contributed by atoms with van der Waals surface area (Å²) < 4.78 is 56.2. The molecule has 43 heavy (non-hydrogen) atoms. The average molecular weight is 589 g/mol. The molecule has 2 atom stereocenters. The SMILES string of the molecule is [2H]C([2H])(Oc1nc(N2C[C@H]3CC[C@@H](C2)N3)c2cnc(-c3cc(O)cc4ccc(F)c(CC)c34)c(F)c2n1)C12CCCN1CCC2. The number of hydrogen-bond donors (Lipinski definition) is 2. The Morgan fingerprint density at radius 1 is 1.12 bits per heavy atom. The number of hydrogen-bond acceptors (Lipinski definition) is 8. The molecule has 6 heterocycles. The van der Waals surface area contributed by atoms with Gasteiger partial charge in [-0.15, -0.1) is 0 Å². The zero-order valence-electron chi connectivity index (χ0n) is 26.2. The van der Waals surface area contributed by atoms with Crippen LogP contribution in [0.1, 0.15) is 53.8 Å². The van der Waals surface area contributed by atoms with Crippen molar-refractivity contribution in [3.8, 4) is 23.0 Å². The molecular weight excluding hydrogens is 550 g/mol. The predicted octanol–water partition coefficient (Wildman–Crippen LogP) is 5.34. The third kappa shape index (κ3) is 4.40. The Morgan fingerprint density at radius 3 is 2.63 bits per heavy atom. The lowest BCUT2D eigenvalue weighted by atomic mass is 9.94. The first-order valence-corrected chi connectivity index (χ1v) is 15.4. The second kappa shape index (κ2) is 10.2. The summed E-state index contributed by atoms with van der Waals surface area (Å²) in [5.74, 6) is -0.822. The molecule has 2 aromatic carbocycles. The maximum Gasteiger partial charge on any atom is 0.319 e. The Balaban J connectivity index is 1.31. The minimum Gasteiger partial charge on any atom is -0.508 e. The molecule has 0 unspecified atom stereocenters. The van der Waals surface area contributed by atoms with Gasteiger partial charge in [0.05, 0.1) is 13.7 Å². The largest absolute Gasteiger partial charge is 0.508 e. The van der Waals surface area contributed by atoms with Gasteiger partial charge in [0.1, 0.15) is 35.2 Å². The number of aromatic nitrogens is 3. The lowest BCUT2D eigenvalue weighted by Crippen LogP contribution is -2.51. The van der Waals surface area contributed by atoms with E-state index in [1.54, 1.807) is 6.07 Å². The fourth-order valence-electron chi connectivity index (χ4n) is 7.91. The number of fused-ring (bicyclic) bond motifs is 5. The predicted molar refractivity (Wildman–Crippen MR) is 162 cm³/mol. The summed E-state index contributed by atoms with van der Waals surface area (Å²) in [6, 6.07) is 6.16. The number of aromatic hydroxyl groups is 1. The number of phenolic OH excluding ortho intramolecular Hbond substituents is 1. The molecule has 0 radical (unpaired) electrons. The highest BCUT2D eigenvalue weighted by atomic mass is 19.1. The van der Waals surface area contributed by atoms with Crippen molar-refractivity contribution in [3.63, 3.8) is 0 Å². The number of anilines is 1. The number of halogens is 2. The molecule has 0 spiro atoms. The van der Waals surface area contributed by atoms with Gasteiger partial charge in [-0.05, 0) is 92.6 Å². The second-order valence-electron chi connectivity index (χ2n) is 12.5. The maximum atomic E-state index is 16.9. The van der Waals surface area contributed by atoms with Gasteiger partial charge in [0.25, 0.3) is 0 Å². The highest BCUT2D eigenvalue weighted by molar-refractivity contribution is 6.01. The molecule has 2 bridgehead atoms. The minimum absolute atomic E-state index is 0.0557. The summed E-state index contributed by atoms with van der Waals surface area (Å²) >= 11 is 0. The highest BCUT2D eigenvalue weighted by Gasteiger charge is 2.45. The Kier molecular flexibility index (Phi) is 5.89. The molecule has 4 fully saturated rings. The number of nitrogens with zero attached hydrogens (tertiary/aromatic N) is 5. The number of ether oxygens (including phenoxy) is 1. The molecule has 10 heteroatoms. The highest BCUT2D eigenvalue weighted by Crippen LogP contribution is 2.41. The van der Waals surface area contributed by atoms with Crippen LogP contribution in [-0.2, 0) is 6.42 Å². The van der Waals surface area contributed by atoms with Gasteiger partial charge in [0.2, 0.25) is 0 Å². The third-order valence-electron chi connectivity index (χ3n) is 9.90. The Hall–Kier alpha value is -3.63. The van der Waals surface area contributed by atoms with Crippen molar-refractivity contribution in [2.45, 2.75) is 69.5 Å². The normalized spacial score (nSPS) is 24.0. The zero-order valence-corrected chi connectivity index (χ0v) is 24.2. The van der Waals surface area contributed by atoms with Crippen LogP contribution in [0.4, 0.5) is 14.6 Å². The molecular formula is C33H36F2N6O2. The maximum absolute atomic E-state index is 16.9. The van der Waals surface area contributed by atoms with Crippen LogP contribution in [0.5, 0.6) is 11.8 Å². The summed E-state index contributed by atoms with van der Waals surface area (Å²) in [6.45, 7) is 2.68. The molecule has 4 aliphatic rings. The first-order valence-electron chi connectivity index (χ1n) is 16.4. The fraction of sp³-hybridized carbons (Fsp3) is 0.485. The summed E-state index contributed by atoms with van der Waals surface area (Å²) in [4.78, 5) is 18.1. The summed E-state index contributed by atoms with van der Waals surface area (Å²) in [6.07, 6.45) is 7.07. The van der Waals surface area contributed by atoms with Gasteiger partial charge < -0.3 is 20.1 Å². The number of aryl methyl sites for hydroxylation is 1. The molecule has 8 nitrogen and oxygen atoms in total. The number of piperazine rings is 1. The number of nitrogens with one attached hydrogen (secondary N) is 1. The third-order valence-corrected chi connectivity index (χ3v) is 9.90. The molecule has 2 aromatic heterocycles. The van der Waals surface area contributed by atoms with E-state index in [0.29, 0.717) is 59.9 Å². The van der Waals surface area contributed by atoms with Gasteiger partial charge in [-0.2, -0.15) is 9.97 Å². The summed E-state index contributed by atoms with van der Waals surface area (Å²) in [7, 11) is 0. The van der Waals surface area contributed by atoms with E-state index in [9.17, 15) is 9.50 Å². The van der Waals surface area contributed by atoms with E-state index in [0.717, 1.165) is 38.8 Å². The van der Waals surface area contributed by atoms with E-state index in [2.05, 4.69) is 25.1 Å². The quantitative estimate of drug-likeness (QED) is 0.312. The second-order valence-corrected chi connectivity index (χ2v) is 12.5. The van der Waals surface area contributed by atoms with E-state index in [-0.39, 0.29) is 40.6 Å². The number of benzene rings is 2. The van der Waals surface area contributed by atoms with Crippen molar-refractivity contribution >= 4 is 27.5 Å². The standard InChI is InChI=1S/C33H36F2N6O2/c1-2-23-26(34)8-5-19-13-22(42)14-24(27(19)23)29-28(35)30-25(15-36-29)31(40-16-20-6-7-21(17-40)37-20)39-32(38-30)43-18-33-9-3-11-41(33)12-4-10-33/h5,8,13-15,20-21,37,42H,2-4,6-7,9-12,16-18H2,1H3/t20-,21+/i18D2. The minimum atomic E-state index is -2.10. The van der Waals surface area contributed by atoms with Crippen LogP contribution in [-0.4, -0.2) is 75.3 Å². The van der Waals surface area contributed by atoms with E-state index >= 15 is 4.39 Å². The van der Waals surface area contributed by atoms with Crippen molar-refractivity contribution < 1.29 is 21.4 Å². The average Bonchev–Trinajstić information content (AvgIpc) is 3.72. The topological polar surface area (TPSA) is 86.6 Å². The van der Waals surface area contributed by atoms with Crippen LogP contribution in [0.15, 0.2) is 30.5 Å². The van der Waals surface area contributed by atoms with Crippen LogP contribution >= 0.6 is 0 Å². The van der Waals surface area contributed by atoms with Gasteiger partial charge in [0.15, 0.2) is 5.82 Å². The van der Waals surface area contributed by atoms with Gasteiger partial charge >= 0.3 is 6.01 Å². The fourth-order valence-corrected chi connectivity index (χ4v) is 7.91. The molecule has 0 amide bonds. The van der Waals surface area contributed by atoms with E-state index in [4.69, 9.17) is 12.5 Å². The number of phenols is 1. The molecule has 0 saturated carbocycles. The van der Waals surface area contributed by atoms with Crippen molar-refractivity contribution in [1.29, 1.82) is 0 Å². The van der Waals surface area contributed by atoms with Crippen molar-refractivity contribution in [3.05, 3.63) is 47.7 Å².